The minimum absolute atomic E-state index is 0.322. The van der Waals surface area contributed by atoms with Crippen molar-refractivity contribution >= 4 is 49.3 Å². The highest BCUT2D eigenvalue weighted by atomic mass is 79.9. The van der Waals surface area contributed by atoms with Gasteiger partial charge in [-0.3, -0.25) is 4.99 Å². The lowest BCUT2D eigenvalue weighted by atomic mass is 9.99. The molecule has 1 saturated carbocycles. The molecule has 0 N–H and O–H groups in total. The number of halogens is 1. The molecule has 1 aliphatic heterocycles. The molecule has 0 saturated heterocycles. The van der Waals surface area contributed by atoms with Gasteiger partial charge in [0.15, 0.2) is 5.17 Å². The van der Waals surface area contributed by atoms with E-state index in [1.807, 2.05) is 0 Å². The number of thioether (sulfide) groups is 1. The molecule has 1 heterocycles. The highest BCUT2D eigenvalue weighted by molar-refractivity contribution is 9.09. The molecule has 2 nitrogen and oxygen atoms in total. The van der Waals surface area contributed by atoms with Gasteiger partial charge in [-0.15, -0.1) is 0 Å². The van der Waals surface area contributed by atoms with E-state index in [0.717, 1.165) is 24.1 Å². The van der Waals surface area contributed by atoms with Crippen LogP contribution in [0, 0.1) is 0 Å². The van der Waals surface area contributed by atoms with E-state index in [1.54, 1.807) is 11.8 Å². The molecule has 0 aromatic heterocycles. The standard InChI is InChI=1S/C18H19BrN2S/c1-22-18-20-11-10-17(19)21(18)16-9-8-13(12-6-7-12)14-4-2-3-5-15(14)16/h2-5,8-9,12,17H,6-7,10-11H2,1H3. The molecular weight excluding hydrogens is 356 g/mol. The summed E-state index contributed by atoms with van der Waals surface area (Å²) >= 11 is 5.58. The van der Waals surface area contributed by atoms with Crippen molar-refractivity contribution in [3.63, 3.8) is 0 Å². The second-order valence-corrected chi connectivity index (χ2v) is 7.79. The SMILES string of the molecule is CSC1=NCCC(Br)N1c1ccc(C2CC2)c2ccccc12. The average molecular weight is 375 g/mol. The minimum Gasteiger partial charge on any atom is -0.307 e. The lowest BCUT2D eigenvalue weighted by Crippen LogP contribution is -2.39. The van der Waals surface area contributed by atoms with E-state index in [-0.39, 0.29) is 0 Å². The first-order valence-electron chi connectivity index (χ1n) is 7.83. The number of hydrogen-bond donors (Lipinski definition) is 0. The summed E-state index contributed by atoms with van der Waals surface area (Å²) in [5.74, 6) is 0.772. The number of anilines is 1. The number of aliphatic imine (C=N–C) groups is 1. The van der Waals surface area contributed by atoms with Crippen molar-refractivity contribution in [3.05, 3.63) is 42.0 Å². The highest BCUT2D eigenvalue weighted by Crippen LogP contribution is 2.45. The fraction of sp³-hybridized carbons (Fsp3) is 0.389. The quantitative estimate of drug-likeness (QED) is 0.518. The molecule has 2 aliphatic rings. The molecule has 22 heavy (non-hydrogen) atoms. The summed E-state index contributed by atoms with van der Waals surface area (Å²) in [4.78, 5) is 7.38. The summed E-state index contributed by atoms with van der Waals surface area (Å²) < 4.78 is 0. The molecule has 0 amide bonds. The van der Waals surface area contributed by atoms with Crippen molar-refractivity contribution in [3.8, 4) is 0 Å². The summed E-state index contributed by atoms with van der Waals surface area (Å²) in [5, 5.41) is 3.87. The van der Waals surface area contributed by atoms with Crippen molar-refractivity contribution in [1.29, 1.82) is 0 Å². The summed E-state index contributed by atoms with van der Waals surface area (Å²) in [6.07, 6.45) is 5.83. The predicted molar refractivity (Wildman–Crippen MR) is 102 cm³/mol. The van der Waals surface area contributed by atoms with E-state index in [1.165, 1.54) is 34.9 Å². The third kappa shape index (κ3) is 2.46. The van der Waals surface area contributed by atoms with E-state index in [2.05, 4.69) is 63.5 Å². The van der Waals surface area contributed by atoms with Crippen molar-refractivity contribution < 1.29 is 0 Å². The average Bonchev–Trinajstić information content (AvgIpc) is 3.39. The molecule has 0 radical (unpaired) electrons. The number of benzene rings is 2. The molecule has 1 unspecified atom stereocenters. The molecule has 114 valence electrons. The van der Waals surface area contributed by atoms with Gasteiger partial charge in [-0.1, -0.05) is 58.0 Å². The molecule has 4 heteroatoms. The number of nitrogens with zero attached hydrogens (tertiary/aromatic N) is 2. The van der Waals surface area contributed by atoms with Gasteiger partial charge >= 0.3 is 0 Å². The summed E-state index contributed by atoms with van der Waals surface area (Å²) in [6, 6.07) is 13.5. The van der Waals surface area contributed by atoms with Gasteiger partial charge in [0.1, 0.15) is 0 Å². The van der Waals surface area contributed by atoms with Crippen LogP contribution < -0.4 is 4.90 Å². The first-order valence-corrected chi connectivity index (χ1v) is 9.97. The van der Waals surface area contributed by atoms with Crippen LogP contribution in [0.3, 0.4) is 0 Å². The lowest BCUT2D eigenvalue weighted by Gasteiger charge is -2.34. The minimum atomic E-state index is 0.322. The maximum absolute atomic E-state index is 4.71. The Kier molecular flexibility index (Phi) is 3.91. The Labute approximate surface area is 144 Å². The van der Waals surface area contributed by atoms with Crippen LogP contribution in [-0.2, 0) is 0 Å². The second kappa shape index (κ2) is 5.89. The van der Waals surface area contributed by atoms with E-state index < -0.39 is 0 Å². The van der Waals surface area contributed by atoms with Crippen molar-refractivity contribution in [1.82, 2.24) is 0 Å². The van der Waals surface area contributed by atoms with Gasteiger partial charge in [-0.25, -0.2) is 0 Å². The number of amidine groups is 1. The molecule has 1 fully saturated rings. The third-order valence-electron chi connectivity index (χ3n) is 4.49. The Hall–Kier alpha value is -1.00. The Bertz CT molecular complexity index is 739. The van der Waals surface area contributed by atoms with E-state index in [4.69, 9.17) is 4.99 Å². The molecule has 0 bridgehead atoms. The molecular formula is C18H19BrN2S. The highest BCUT2D eigenvalue weighted by Gasteiger charge is 2.29. The fourth-order valence-electron chi connectivity index (χ4n) is 3.28. The Morgan fingerprint density at radius 3 is 2.59 bits per heavy atom. The molecule has 2 aromatic rings. The van der Waals surface area contributed by atoms with Crippen molar-refractivity contribution in [2.75, 3.05) is 17.7 Å². The van der Waals surface area contributed by atoms with Gasteiger partial charge in [-0.2, -0.15) is 0 Å². The largest absolute Gasteiger partial charge is 0.307 e. The van der Waals surface area contributed by atoms with E-state index in [0.29, 0.717) is 4.95 Å². The molecule has 1 atom stereocenters. The first kappa shape index (κ1) is 14.6. The molecule has 4 rings (SSSR count). The van der Waals surface area contributed by atoms with Gasteiger partial charge in [0.05, 0.1) is 10.6 Å². The first-order chi connectivity index (χ1) is 10.8. The van der Waals surface area contributed by atoms with E-state index >= 15 is 0 Å². The van der Waals surface area contributed by atoms with Gasteiger partial charge in [0.25, 0.3) is 0 Å². The molecule has 0 spiro atoms. The lowest BCUT2D eigenvalue weighted by molar-refractivity contribution is 0.767. The van der Waals surface area contributed by atoms with Crippen molar-refractivity contribution in [2.45, 2.75) is 30.1 Å². The zero-order chi connectivity index (χ0) is 15.1. The molecule has 1 aliphatic carbocycles. The number of fused-ring (bicyclic) bond motifs is 1. The number of alkyl halides is 1. The topological polar surface area (TPSA) is 15.6 Å². The van der Waals surface area contributed by atoms with Crippen LogP contribution >= 0.6 is 27.7 Å². The predicted octanol–water partition coefficient (Wildman–Crippen LogP) is 5.37. The summed E-state index contributed by atoms with van der Waals surface area (Å²) in [7, 11) is 0. The zero-order valence-electron chi connectivity index (χ0n) is 12.6. The maximum atomic E-state index is 4.71. The number of rotatable bonds is 2. The summed E-state index contributed by atoms with van der Waals surface area (Å²) in [6.45, 7) is 0.903. The Morgan fingerprint density at radius 1 is 1.09 bits per heavy atom. The van der Waals surface area contributed by atoms with Crippen LogP contribution in [0.2, 0.25) is 0 Å². The third-order valence-corrected chi connectivity index (χ3v) is 6.05. The van der Waals surface area contributed by atoms with Crippen LogP contribution in [0.25, 0.3) is 10.8 Å². The smallest absolute Gasteiger partial charge is 0.164 e. The van der Waals surface area contributed by atoms with Crippen LogP contribution in [0.4, 0.5) is 5.69 Å². The fourth-order valence-corrected chi connectivity index (χ4v) is 4.67. The summed E-state index contributed by atoms with van der Waals surface area (Å²) in [5.41, 5.74) is 2.79. The van der Waals surface area contributed by atoms with Gasteiger partial charge < -0.3 is 4.90 Å². The van der Waals surface area contributed by atoms with Crippen LogP contribution in [0.5, 0.6) is 0 Å². The van der Waals surface area contributed by atoms with Gasteiger partial charge in [0, 0.05) is 11.9 Å². The zero-order valence-corrected chi connectivity index (χ0v) is 15.0. The van der Waals surface area contributed by atoms with Crippen molar-refractivity contribution in [2.24, 2.45) is 4.99 Å². The molecule has 2 aromatic carbocycles. The maximum Gasteiger partial charge on any atom is 0.164 e. The number of hydrogen-bond acceptors (Lipinski definition) is 3. The normalized spacial score (nSPS) is 22.0. The Balaban J connectivity index is 1.90. The van der Waals surface area contributed by atoms with E-state index in [9.17, 15) is 0 Å². The monoisotopic (exact) mass is 374 g/mol. The van der Waals surface area contributed by atoms with Crippen LogP contribution in [0.15, 0.2) is 41.4 Å². The van der Waals surface area contributed by atoms with Crippen LogP contribution in [-0.4, -0.2) is 22.9 Å². The van der Waals surface area contributed by atoms with Gasteiger partial charge in [-0.05, 0) is 48.5 Å². The Morgan fingerprint density at radius 2 is 1.86 bits per heavy atom. The second-order valence-electron chi connectivity index (χ2n) is 5.96. The van der Waals surface area contributed by atoms with Crippen LogP contribution in [0.1, 0.15) is 30.7 Å². The van der Waals surface area contributed by atoms with Gasteiger partial charge in [0.2, 0.25) is 0 Å².